The molecule has 1 heterocycles. The van der Waals surface area contributed by atoms with E-state index in [0.717, 1.165) is 55.3 Å². The Bertz CT molecular complexity index is 918. The number of rotatable bonds is 4. The van der Waals surface area contributed by atoms with Crippen molar-refractivity contribution in [1.82, 2.24) is 9.62 Å². The summed E-state index contributed by atoms with van der Waals surface area (Å²) in [6.07, 6.45) is 6.24. The molecular formula is C20H27KN4O4S. The van der Waals surface area contributed by atoms with Crippen LogP contribution >= 0.6 is 0 Å². The van der Waals surface area contributed by atoms with Crippen molar-refractivity contribution in [2.24, 2.45) is 0 Å². The number of nitrogens with one attached hydrogen (secondary N) is 2. The summed E-state index contributed by atoms with van der Waals surface area (Å²) in [6.45, 7) is 2.50. The fraction of sp³-hybridized carbons (Fsp3) is 0.600. The summed E-state index contributed by atoms with van der Waals surface area (Å²) in [5.74, 6) is 0. The molecule has 4 rings (SSSR count). The van der Waals surface area contributed by atoms with E-state index in [9.17, 15) is 18.0 Å². The molecule has 1 unspecified atom stereocenters. The van der Waals surface area contributed by atoms with Crippen molar-refractivity contribution in [3.63, 3.8) is 0 Å². The van der Waals surface area contributed by atoms with Gasteiger partial charge in [-0.1, -0.05) is 19.5 Å². The number of carbonyl (C=O) groups excluding carboxylic acids is 2. The number of carbonyl (C=O) groups is 2. The number of likely N-dealkylation sites (tertiary alicyclic amines) is 1. The molecule has 0 radical (unpaired) electrons. The summed E-state index contributed by atoms with van der Waals surface area (Å²) in [5.41, 5.74) is 5.65. The predicted octanol–water partition coefficient (Wildman–Crippen LogP) is -0.293. The Hall–Kier alpha value is -0.654. The number of hydrogen-bond acceptors (Lipinski definition) is 4. The molecule has 30 heavy (non-hydrogen) atoms. The Morgan fingerprint density at radius 2 is 1.77 bits per heavy atom. The first-order valence-electron chi connectivity index (χ1n) is 10.3. The van der Waals surface area contributed by atoms with Gasteiger partial charge in [0, 0.05) is 5.69 Å². The number of sulfonamides is 1. The molecule has 0 bridgehead atoms. The van der Waals surface area contributed by atoms with Gasteiger partial charge in [-0.3, -0.25) is 4.79 Å². The van der Waals surface area contributed by atoms with Gasteiger partial charge in [0.25, 0.3) is 0 Å². The van der Waals surface area contributed by atoms with Gasteiger partial charge in [-0.05, 0) is 80.3 Å². The van der Waals surface area contributed by atoms with Crippen LogP contribution in [0, 0.1) is 0 Å². The van der Waals surface area contributed by atoms with E-state index in [1.54, 1.807) is 6.92 Å². The summed E-state index contributed by atoms with van der Waals surface area (Å²) >= 11 is 0. The van der Waals surface area contributed by atoms with E-state index in [2.05, 4.69) is 21.4 Å². The molecule has 10 heteroatoms. The van der Waals surface area contributed by atoms with Crippen molar-refractivity contribution >= 4 is 27.8 Å². The molecule has 4 amide bonds. The molecule has 0 saturated carbocycles. The first-order valence-corrected chi connectivity index (χ1v) is 11.9. The van der Waals surface area contributed by atoms with Gasteiger partial charge in [0.15, 0.2) is 6.03 Å². The van der Waals surface area contributed by atoms with Gasteiger partial charge in [0.1, 0.15) is 0 Å². The van der Waals surface area contributed by atoms with E-state index in [0.29, 0.717) is 19.5 Å². The molecule has 1 saturated heterocycles. The number of hydrogen-bond donors (Lipinski definition) is 2. The molecule has 1 fully saturated rings. The number of amides is 4. The molecule has 158 valence electrons. The largest absolute Gasteiger partial charge is 1.00 e. The van der Waals surface area contributed by atoms with E-state index in [1.807, 2.05) is 0 Å². The van der Waals surface area contributed by atoms with Crippen LogP contribution in [-0.4, -0.2) is 50.3 Å². The van der Waals surface area contributed by atoms with Gasteiger partial charge in [-0.15, -0.1) is 0 Å². The van der Waals surface area contributed by atoms with E-state index in [1.165, 1.54) is 16.0 Å². The van der Waals surface area contributed by atoms with Crippen molar-refractivity contribution in [2.75, 3.05) is 25.0 Å². The van der Waals surface area contributed by atoms with Crippen LogP contribution in [0.1, 0.15) is 48.4 Å². The molecule has 3 aliphatic rings. The minimum Gasteiger partial charge on any atom is -0.435 e. The van der Waals surface area contributed by atoms with Gasteiger partial charge in [0.05, 0.1) is 5.25 Å². The quantitative estimate of drug-likeness (QED) is 0.604. The molecule has 1 aromatic carbocycles. The molecule has 0 spiro atoms. The average molecular weight is 459 g/mol. The van der Waals surface area contributed by atoms with Crippen molar-refractivity contribution in [3.05, 3.63) is 33.6 Å². The van der Waals surface area contributed by atoms with E-state index in [-0.39, 0.29) is 57.9 Å². The molecule has 1 atom stereocenters. The van der Waals surface area contributed by atoms with Crippen molar-refractivity contribution in [2.45, 2.75) is 57.1 Å². The molecule has 1 aliphatic heterocycles. The second-order valence-corrected chi connectivity index (χ2v) is 9.91. The van der Waals surface area contributed by atoms with Gasteiger partial charge < -0.3 is 15.5 Å². The van der Waals surface area contributed by atoms with Crippen LogP contribution in [-0.2, 0) is 35.7 Å². The summed E-state index contributed by atoms with van der Waals surface area (Å²) in [5, 5.41) is 5.84. The standard InChI is InChI=1S/C20H28N4O4S.K/c1-2-21-20(26)24-10-9-15(12-24)29(27,28)23-19(25)22-18-16-7-3-5-13(16)11-14-6-4-8-17(14)18;/h11,15H,2-10,12H2,1H3,(H3,21,22,23,25,26);/q;+1/p-1. The van der Waals surface area contributed by atoms with Crippen LogP contribution in [0.25, 0.3) is 5.32 Å². The number of urea groups is 2. The van der Waals surface area contributed by atoms with E-state index < -0.39 is 27.3 Å². The Kier molecular flexibility index (Phi) is 7.89. The summed E-state index contributed by atoms with van der Waals surface area (Å²) in [7, 11) is -3.89. The Labute approximate surface area is 220 Å². The zero-order valence-corrected chi connectivity index (χ0v) is 21.6. The minimum absolute atomic E-state index is 0. The maximum Gasteiger partial charge on any atom is 1.00 e. The van der Waals surface area contributed by atoms with Crippen LogP contribution in [0.5, 0.6) is 0 Å². The van der Waals surface area contributed by atoms with E-state index in [4.69, 9.17) is 0 Å². The molecule has 1 aromatic rings. The monoisotopic (exact) mass is 458 g/mol. The number of nitrogens with zero attached hydrogens (tertiary/aromatic N) is 2. The first kappa shape index (κ1) is 24.0. The molecule has 2 aliphatic carbocycles. The van der Waals surface area contributed by atoms with Crippen LogP contribution in [0.15, 0.2) is 6.07 Å². The summed E-state index contributed by atoms with van der Waals surface area (Å²) in [6, 6.07) is 1.14. The maximum absolute atomic E-state index is 12.7. The minimum atomic E-state index is -3.89. The van der Waals surface area contributed by atoms with Crippen LogP contribution in [0.2, 0.25) is 0 Å². The van der Waals surface area contributed by atoms with Gasteiger partial charge >= 0.3 is 57.4 Å². The SMILES string of the molecule is CC[N-]C(=O)N1CCC(S(=O)(=O)NC(=O)Nc2c3c(cc4c2CCC4)CCC3)C1.[K+]. The first-order chi connectivity index (χ1) is 13.9. The smallest absolute Gasteiger partial charge is 0.435 e. The topological polar surface area (TPSA) is 110 Å². The fourth-order valence-corrected chi connectivity index (χ4v) is 5.98. The number of aryl methyl sites for hydroxylation is 2. The zero-order valence-electron chi connectivity index (χ0n) is 17.7. The predicted molar refractivity (Wildman–Crippen MR) is 111 cm³/mol. The van der Waals surface area contributed by atoms with Crippen LogP contribution < -0.4 is 61.4 Å². The Morgan fingerprint density at radius 3 is 2.37 bits per heavy atom. The normalized spacial score (nSPS) is 19.6. The van der Waals surface area contributed by atoms with Gasteiger partial charge in [-0.25, -0.2) is 17.9 Å². The summed E-state index contributed by atoms with van der Waals surface area (Å²) in [4.78, 5) is 25.9. The maximum atomic E-state index is 12.7. The molecular weight excluding hydrogens is 431 g/mol. The third-order valence-electron chi connectivity index (χ3n) is 6.09. The molecule has 2 N–H and O–H groups in total. The number of fused-ring (bicyclic) bond motifs is 2. The number of anilines is 1. The second kappa shape index (κ2) is 9.87. The van der Waals surface area contributed by atoms with Crippen LogP contribution in [0.4, 0.5) is 15.3 Å². The molecule has 8 nitrogen and oxygen atoms in total. The molecule has 0 aromatic heterocycles. The Balaban J connectivity index is 0.00000256. The second-order valence-electron chi connectivity index (χ2n) is 7.95. The third-order valence-corrected chi connectivity index (χ3v) is 7.83. The fourth-order valence-electron chi connectivity index (χ4n) is 4.71. The van der Waals surface area contributed by atoms with Crippen molar-refractivity contribution < 1.29 is 69.4 Å². The van der Waals surface area contributed by atoms with Crippen molar-refractivity contribution in [3.8, 4) is 0 Å². The number of benzene rings is 1. The van der Waals surface area contributed by atoms with Crippen LogP contribution in [0.3, 0.4) is 0 Å². The average Bonchev–Trinajstić information content (AvgIpc) is 3.41. The zero-order chi connectivity index (χ0) is 20.6. The Morgan fingerprint density at radius 1 is 1.13 bits per heavy atom. The van der Waals surface area contributed by atoms with Crippen molar-refractivity contribution in [1.29, 1.82) is 0 Å². The van der Waals surface area contributed by atoms with Gasteiger partial charge in [0.2, 0.25) is 10.0 Å². The van der Waals surface area contributed by atoms with Gasteiger partial charge in [-0.2, -0.15) is 0 Å². The summed E-state index contributed by atoms with van der Waals surface area (Å²) < 4.78 is 27.5. The van der Waals surface area contributed by atoms with E-state index >= 15 is 0 Å². The third kappa shape index (κ3) is 4.88.